The number of anilines is 6. The number of aryl methyl sites for hydroxylation is 1. The molecule has 2 fully saturated rings. The lowest BCUT2D eigenvalue weighted by Crippen LogP contribution is -2.36. The minimum atomic E-state index is 0.0277. The van der Waals surface area contributed by atoms with Crippen molar-refractivity contribution in [3.05, 3.63) is 59.8 Å². The second-order valence-corrected chi connectivity index (χ2v) is 10.6. The Hall–Kier alpha value is -3.98. The van der Waals surface area contributed by atoms with Crippen LogP contribution in [0.3, 0.4) is 0 Å². The summed E-state index contributed by atoms with van der Waals surface area (Å²) in [5.41, 5.74) is 5.79. The summed E-state index contributed by atoms with van der Waals surface area (Å²) >= 11 is 0. The Balaban J connectivity index is 1.26. The van der Waals surface area contributed by atoms with E-state index < -0.39 is 0 Å². The highest BCUT2D eigenvalue weighted by Crippen LogP contribution is 2.37. The number of carbonyl (C=O) groups excluding carboxylic acids is 2. The number of Topliss-reactive ketones (excluding diaryl/α,β-unsaturated/α-hetero) is 1. The van der Waals surface area contributed by atoms with Gasteiger partial charge in [0.25, 0.3) is 0 Å². The average Bonchev–Trinajstić information content (AvgIpc) is 3.81. The molecule has 2 aromatic carbocycles. The number of amides is 1. The molecule has 3 heterocycles. The van der Waals surface area contributed by atoms with Crippen LogP contribution in [0.1, 0.15) is 30.4 Å². The second kappa shape index (κ2) is 10.6. The number of ketones is 1. The van der Waals surface area contributed by atoms with E-state index in [1.165, 1.54) is 0 Å². The van der Waals surface area contributed by atoms with Crippen molar-refractivity contribution in [2.45, 2.75) is 32.6 Å². The standard InChI is InChI=1S/C30H34N6O3/c1-20-17-23(6-5-22(20)18-27(37)21-3-4-21)32-30-31-19-26-29(33-30)36(12-11-28(38)34(26)2)25-9-7-24(8-10-25)35-13-15-39-16-14-35/h5-10,17,19,21H,3-4,11-16,18H2,1-2H3,(H,31,32,33). The van der Waals surface area contributed by atoms with E-state index in [1.807, 2.05) is 25.1 Å². The number of aromatic nitrogens is 2. The van der Waals surface area contributed by atoms with Crippen LogP contribution in [0, 0.1) is 12.8 Å². The third-order valence-corrected chi connectivity index (χ3v) is 7.82. The first-order valence-corrected chi connectivity index (χ1v) is 13.7. The first-order valence-electron chi connectivity index (χ1n) is 13.7. The molecule has 9 nitrogen and oxygen atoms in total. The molecule has 1 N–H and O–H groups in total. The Kier molecular flexibility index (Phi) is 6.91. The van der Waals surface area contributed by atoms with Crippen molar-refractivity contribution in [3.8, 4) is 0 Å². The van der Waals surface area contributed by atoms with Gasteiger partial charge in [0.2, 0.25) is 11.9 Å². The highest BCUT2D eigenvalue weighted by Gasteiger charge is 2.30. The summed E-state index contributed by atoms with van der Waals surface area (Å²) in [6.45, 7) is 5.79. The fraction of sp³-hybridized carbons (Fsp3) is 0.400. The van der Waals surface area contributed by atoms with E-state index >= 15 is 0 Å². The largest absolute Gasteiger partial charge is 0.378 e. The van der Waals surface area contributed by atoms with Gasteiger partial charge in [-0.25, -0.2) is 4.98 Å². The molecule has 1 aliphatic carbocycles. The van der Waals surface area contributed by atoms with Gasteiger partial charge in [0.1, 0.15) is 11.5 Å². The summed E-state index contributed by atoms with van der Waals surface area (Å²) in [7, 11) is 1.77. The maximum atomic E-state index is 12.8. The number of nitrogens with zero attached hydrogens (tertiary/aromatic N) is 5. The van der Waals surface area contributed by atoms with Crippen LogP contribution in [0.15, 0.2) is 48.7 Å². The minimum absolute atomic E-state index is 0.0277. The first kappa shape index (κ1) is 25.3. The number of fused-ring (bicyclic) bond motifs is 1. The van der Waals surface area contributed by atoms with Gasteiger partial charge in [-0.15, -0.1) is 0 Å². The van der Waals surface area contributed by atoms with Crippen molar-refractivity contribution in [2.24, 2.45) is 5.92 Å². The summed E-state index contributed by atoms with van der Waals surface area (Å²) in [6.07, 6.45) is 4.64. The summed E-state index contributed by atoms with van der Waals surface area (Å²) < 4.78 is 5.48. The Morgan fingerprint density at radius 2 is 1.79 bits per heavy atom. The van der Waals surface area contributed by atoms with Crippen LogP contribution in [0.25, 0.3) is 0 Å². The average molecular weight is 527 g/mol. The smallest absolute Gasteiger partial charge is 0.229 e. The molecule has 1 aromatic heterocycles. The molecule has 6 rings (SSSR count). The number of ether oxygens (including phenoxy) is 1. The van der Waals surface area contributed by atoms with E-state index in [-0.39, 0.29) is 11.8 Å². The zero-order chi connectivity index (χ0) is 26.9. The molecular formula is C30H34N6O3. The molecule has 3 aliphatic rings. The predicted octanol–water partition coefficient (Wildman–Crippen LogP) is 4.39. The van der Waals surface area contributed by atoms with Crippen molar-refractivity contribution >= 4 is 46.2 Å². The Bertz CT molecular complexity index is 1380. The van der Waals surface area contributed by atoms with Gasteiger partial charge in [-0.05, 0) is 67.3 Å². The predicted molar refractivity (Wildman–Crippen MR) is 152 cm³/mol. The number of carbonyl (C=O) groups is 2. The van der Waals surface area contributed by atoms with Gasteiger partial charge in [0.05, 0.1) is 19.4 Å². The van der Waals surface area contributed by atoms with Crippen LogP contribution in [0.4, 0.5) is 34.5 Å². The first-order chi connectivity index (χ1) is 19.0. The fourth-order valence-corrected chi connectivity index (χ4v) is 5.23. The van der Waals surface area contributed by atoms with Gasteiger partial charge in [0, 0.05) is 62.5 Å². The van der Waals surface area contributed by atoms with Gasteiger partial charge < -0.3 is 24.8 Å². The molecule has 0 radical (unpaired) electrons. The fourth-order valence-electron chi connectivity index (χ4n) is 5.23. The molecule has 39 heavy (non-hydrogen) atoms. The number of hydrogen-bond donors (Lipinski definition) is 1. The molecular weight excluding hydrogens is 492 g/mol. The number of nitrogens with one attached hydrogen (secondary N) is 1. The number of hydrogen-bond acceptors (Lipinski definition) is 8. The quantitative estimate of drug-likeness (QED) is 0.485. The van der Waals surface area contributed by atoms with E-state index in [1.54, 1.807) is 18.1 Å². The van der Waals surface area contributed by atoms with Crippen LogP contribution >= 0.6 is 0 Å². The Morgan fingerprint density at radius 3 is 2.51 bits per heavy atom. The number of benzene rings is 2. The molecule has 202 valence electrons. The SMILES string of the molecule is Cc1cc(Nc2ncc3c(n2)N(c2ccc(N4CCOCC4)cc2)CCC(=O)N3C)ccc1CC(=O)C1CC1. The highest BCUT2D eigenvalue weighted by atomic mass is 16.5. The van der Waals surface area contributed by atoms with Crippen molar-refractivity contribution in [1.82, 2.24) is 9.97 Å². The maximum Gasteiger partial charge on any atom is 0.229 e. The summed E-state index contributed by atoms with van der Waals surface area (Å²) in [6, 6.07) is 14.4. The van der Waals surface area contributed by atoms with Crippen LogP contribution < -0.4 is 20.0 Å². The van der Waals surface area contributed by atoms with Crippen LogP contribution in [-0.4, -0.2) is 61.6 Å². The van der Waals surface area contributed by atoms with Gasteiger partial charge >= 0.3 is 0 Å². The zero-order valence-electron chi connectivity index (χ0n) is 22.5. The maximum absolute atomic E-state index is 12.8. The van der Waals surface area contributed by atoms with Gasteiger partial charge in [-0.2, -0.15) is 4.98 Å². The lowest BCUT2D eigenvalue weighted by atomic mass is 10.0. The van der Waals surface area contributed by atoms with Crippen LogP contribution in [0.2, 0.25) is 0 Å². The van der Waals surface area contributed by atoms with E-state index in [4.69, 9.17) is 9.72 Å². The minimum Gasteiger partial charge on any atom is -0.378 e. The van der Waals surface area contributed by atoms with Gasteiger partial charge in [0.15, 0.2) is 5.82 Å². The van der Waals surface area contributed by atoms with Gasteiger partial charge in [-0.1, -0.05) is 6.07 Å². The summed E-state index contributed by atoms with van der Waals surface area (Å²) in [4.78, 5) is 40.5. The summed E-state index contributed by atoms with van der Waals surface area (Å²) in [5, 5.41) is 3.33. The lowest BCUT2D eigenvalue weighted by molar-refractivity contribution is -0.119. The molecule has 0 spiro atoms. The molecule has 0 atom stereocenters. The molecule has 2 aliphatic heterocycles. The van der Waals surface area contributed by atoms with E-state index in [2.05, 4.69) is 44.4 Å². The van der Waals surface area contributed by atoms with Crippen molar-refractivity contribution < 1.29 is 14.3 Å². The number of morpholine rings is 1. The van der Waals surface area contributed by atoms with Gasteiger partial charge in [-0.3, -0.25) is 9.59 Å². The zero-order valence-corrected chi connectivity index (χ0v) is 22.5. The van der Waals surface area contributed by atoms with E-state index in [0.29, 0.717) is 42.6 Å². The Morgan fingerprint density at radius 1 is 1.05 bits per heavy atom. The number of rotatable bonds is 7. The van der Waals surface area contributed by atoms with Crippen molar-refractivity contribution in [2.75, 3.05) is 59.9 Å². The van der Waals surface area contributed by atoms with E-state index in [9.17, 15) is 9.59 Å². The topological polar surface area (TPSA) is 90.9 Å². The van der Waals surface area contributed by atoms with E-state index in [0.717, 1.165) is 67.3 Å². The molecule has 1 saturated carbocycles. The molecule has 1 amide bonds. The molecule has 3 aromatic rings. The third kappa shape index (κ3) is 5.45. The molecule has 1 saturated heterocycles. The molecule has 0 bridgehead atoms. The van der Waals surface area contributed by atoms with Crippen LogP contribution in [0.5, 0.6) is 0 Å². The highest BCUT2D eigenvalue weighted by molar-refractivity contribution is 5.98. The summed E-state index contributed by atoms with van der Waals surface area (Å²) in [5.74, 6) is 1.76. The van der Waals surface area contributed by atoms with Crippen LogP contribution in [-0.2, 0) is 20.7 Å². The molecule has 0 unspecified atom stereocenters. The lowest BCUT2D eigenvalue weighted by Gasteiger charge is -2.30. The Labute approximate surface area is 228 Å². The second-order valence-electron chi connectivity index (χ2n) is 10.6. The normalized spacial score (nSPS) is 17.6. The molecule has 9 heteroatoms. The monoisotopic (exact) mass is 526 g/mol. The van der Waals surface area contributed by atoms with Crippen molar-refractivity contribution in [1.29, 1.82) is 0 Å². The third-order valence-electron chi connectivity index (χ3n) is 7.82. The van der Waals surface area contributed by atoms with Crippen molar-refractivity contribution in [3.63, 3.8) is 0 Å².